The highest BCUT2D eigenvalue weighted by molar-refractivity contribution is 5.30. The van der Waals surface area contributed by atoms with Crippen LogP contribution in [0.25, 0.3) is 0 Å². The Balaban J connectivity index is 0.000000271. The lowest BCUT2D eigenvalue weighted by molar-refractivity contribution is -0.337. The fourth-order valence-electron chi connectivity index (χ4n) is 3.67. The zero-order chi connectivity index (χ0) is 34.2. The summed E-state index contributed by atoms with van der Waals surface area (Å²) in [5, 5.41) is 3.25. The number of rotatable bonds is 0. The van der Waals surface area contributed by atoms with Crippen molar-refractivity contribution >= 4 is 0 Å². The second-order valence-corrected chi connectivity index (χ2v) is 11.2. The van der Waals surface area contributed by atoms with E-state index in [4.69, 9.17) is 23.7 Å². The highest BCUT2D eigenvalue weighted by atomic mass is 19.3. The van der Waals surface area contributed by atoms with Gasteiger partial charge in [0.2, 0.25) is 6.79 Å². The van der Waals surface area contributed by atoms with Gasteiger partial charge in [0, 0.05) is 18.7 Å². The van der Waals surface area contributed by atoms with E-state index in [1.165, 1.54) is 54.7 Å². The Hall–Kier alpha value is -3.56. The molecular formula is C35H55F2NO7. The fourth-order valence-corrected chi connectivity index (χ4v) is 3.67. The molecule has 1 N–H and O–H groups in total. The predicted molar refractivity (Wildman–Crippen MR) is 173 cm³/mol. The summed E-state index contributed by atoms with van der Waals surface area (Å²) >= 11 is 0. The van der Waals surface area contributed by atoms with Crippen LogP contribution in [0.1, 0.15) is 102 Å². The van der Waals surface area contributed by atoms with E-state index < -0.39 is 6.29 Å². The molecule has 45 heavy (non-hydrogen) atoms. The third-order valence-electron chi connectivity index (χ3n) is 7.69. The van der Waals surface area contributed by atoms with E-state index in [1.807, 2.05) is 34.6 Å². The molecule has 0 atom stereocenters. The molecule has 6 rings (SSSR count). The first-order chi connectivity index (χ1) is 21.0. The molecule has 8 nitrogen and oxygen atoms in total. The lowest BCUT2D eigenvalue weighted by Gasteiger charge is -2.16. The molecule has 0 amide bonds. The van der Waals surface area contributed by atoms with E-state index in [9.17, 15) is 8.78 Å². The maximum Gasteiger partial charge on any atom is 0.585 e. The zero-order valence-corrected chi connectivity index (χ0v) is 29.4. The Morgan fingerprint density at radius 1 is 0.556 bits per heavy atom. The van der Waals surface area contributed by atoms with Gasteiger partial charge in [0.25, 0.3) is 0 Å². The number of hydrogen-bond donors (Lipinski definition) is 1. The molecule has 0 unspecified atom stereocenters. The van der Waals surface area contributed by atoms with Crippen molar-refractivity contribution in [3.05, 3.63) is 80.5 Å². The Bertz CT molecular complexity index is 1070. The molecule has 0 aromatic heterocycles. The summed E-state index contributed by atoms with van der Waals surface area (Å²) in [6.07, 6.45) is 4.48. The van der Waals surface area contributed by atoms with Gasteiger partial charge < -0.3 is 38.5 Å². The minimum atomic E-state index is -3.44. The van der Waals surface area contributed by atoms with Crippen LogP contribution in [0.5, 0.6) is 0 Å². The van der Waals surface area contributed by atoms with Crippen molar-refractivity contribution in [1.82, 2.24) is 5.32 Å². The van der Waals surface area contributed by atoms with E-state index in [0.717, 1.165) is 48.4 Å². The molecule has 6 aliphatic rings. The largest absolute Gasteiger partial charge is 0.585 e. The van der Waals surface area contributed by atoms with Gasteiger partial charge in [-0.15, -0.1) is 8.78 Å². The van der Waals surface area contributed by atoms with Crippen molar-refractivity contribution in [3.8, 4) is 0 Å². The van der Waals surface area contributed by atoms with Crippen LogP contribution in [0, 0.1) is 0 Å². The average Bonchev–Trinajstić information content (AvgIpc) is 3.79. The average molecular weight is 640 g/mol. The van der Waals surface area contributed by atoms with Crippen LogP contribution in [-0.4, -0.2) is 39.5 Å². The molecule has 0 radical (unpaired) electrons. The summed E-state index contributed by atoms with van der Waals surface area (Å²) in [7, 11) is 0. The van der Waals surface area contributed by atoms with Crippen molar-refractivity contribution in [2.45, 2.75) is 109 Å². The molecule has 0 aromatic rings. The molecule has 0 aromatic carbocycles. The Morgan fingerprint density at radius 2 is 1.04 bits per heavy atom. The smallest absolute Gasteiger partial charge is 0.498 e. The molecule has 5 heterocycles. The second-order valence-electron chi connectivity index (χ2n) is 11.2. The number of nitrogens with one attached hydrogen (secondary N) is 1. The van der Waals surface area contributed by atoms with Gasteiger partial charge in [-0.05, 0) is 101 Å². The monoisotopic (exact) mass is 639 g/mol. The van der Waals surface area contributed by atoms with Crippen molar-refractivity contribution in [2.24, 2.45) is 0 Å². The van der Waals surface area contributed by atoms with Gasteiger partial charge in [0.15, 0.2) is 0 Å². The first kappa shape index (κ1) is 39.5. The van der Waals surface area contributed by atoms with Crippen LogP contribution in [-0.2, 0) is 33.2 Å². The van der Waals surface area contributed by atoms with Crippen molar-refractivity contribution < 1.29 is 41.9 Å². The third kappa shape index (κ3) is 15.8. The van der Waals surface area contributed by atoms with Gasteiger partial charge in [-0.3, -0.25) is 0 Å². The maximum atomic E-state index is 12.0. The van der Waals surface area contributed by atoms with E-state index in [-0.39, 0.29) is 11.5 Å². The summed E-state index contributed by atoms with van der Waals surface area (Å²) in [5.74, 6) is 5.03. The Labute approximate surface area is 269 Å². The van der Waals surface area contributed by atoms with Crippen LogP contribution in [0.2, 0.25) is 0 Å². The van der Waals surface area contributed by atoms with Gasteiger partial charge in [0.05, 0.1) is 12.4 Å². The van der Waals surface area contributed by atoms with E-state index in [0.29, 0.717) is 20.0 Å². The fraction of sp³-hybridized carbons (Fsp3) is 0.600. The minimum absolute atomic E-state index is 0.139. The van der Waals surface area contributed by atoms with Crippen molar-refractivity contribution in [1.29, 1.82) is 0 Å². The van der Waals surface area contributed by atoms with Gasteiger partial charge in [-0.2, -0.15) is 0 Å². The van der Waals surface area contributed by atoms with Crippen LogP contribution in [0.4, 0.5) is 8.78 Å². The topological polar surface area (TPSA) is 76.6 Å². The second kappa shape index (κ2) is 19.7. The number of halogens is 2. The van der Waals surface area contributed by atoms with Crippen LogP contribution < -0.4 is 5.32 Å². The molecule has 1 aliphatic carbocycles. The van der Waals surface area contributed by atoms with Crippen molar-refractivity contribution in [3.63, 3.8) is 0 Å². The SMILES string of the molecule is CC1=C(C)CC=C1.CC1=C(C)NCC1.CC1=C(C)OC(F)(F)O1.CC1=C(C)OCC1.CC1=C(C)OCCO1.CC1=C(C)OCO1. The number of hydrogen-bond acceptors (Lipinski definition) is 8. The molecule has 5 aliphatic heterocycles. The highest BCUT2D eigenvalue weighted by Gasteiger charge is 2.41. The summed E-state index contributed by atoms with van der Waals surface area (Å²) in [4.78, 5) is 0. The predicted octanol–water partition coefficient (Wildman–Crippen LogP) is 9.62. The molecule has 0 saturated carbocycles. The van der Waals surface area contributed by atoms with Gasteiger partial charge >= 0.3 is 6.29 Å². The Kier molecular flexibility index (Phi) is 17.3. The highest BCUT2D eigenvalue weighted by Crippen LogP contribution is 2.32. The van der Waals surface area contributed by atoms with Crippen LogP contribution in [0.3, 0.4) is 0 Å². The Morgan fingerprint density at radius 3 is 1.20 bits per heavy atom. The van der Waals surface area contributed by atoms with Gasteiger partial charge in [0.1, 0.15) is 47.8 Å². The summed E-state index contributed by atoms with van der Waals surface area (Å²) in [6.45, 7) is 27.1. The van der Waals surface area contributed by atoms with E-state index >= 15 is 0 Å². The number of allylic oxidation sites excluding steroid dienone is 12. The summed E-state index contributed by atoms with van der Waals surface area (Å²) in [5.41, 5.74) is 7.25. The number of ether oxygens (including phenoxy) is 7. The summed E-state index contributed by atoms with van der Waals surface area (Å²) < 4.78 is 57.2. The standard InChI is InChI=1S/C7H10.C6H11N.C6H10O2.C6H10O.C5H6F2O2.C5H8O2/c1-6-4-3-5-7(6)2;1-5-3-4-7-6(5)2;1-5-6(2)8-4-3-7-5;1-5-3-4-7-6(5)2;1-3-4(2)9-5(6,7)8-3;1-4-5(2)7-3-6-4/h3-4H,5H2,1-2H3;7H,3-4H2,1-2H3;3-4H2,1-2H3;3-4H2,1-2H3;1-2H3;3H2,1-2H3. The van der Waals surface area contributed by atoms with Crippen molar-refractivity contribution in [2.75, 3.05) is 33.2 Å². The van der Waals surface area contributed by atoms with Crippen LogP contribution >= 0.6 is 0 Å². The molecule has 0 fully saturated rings. The zero-order valence-electron chi connectivity index (χ0n) is 29.4. The molecule has 256 valence electrons. The third-order valence-corrected chi connectivity index (χ3v) is 7.69. The lowest BCUT2D eigenvalue weighted by Crippen LogP contribution is -2.16. The normalized spacial score (nSPS) is 20.5. The van der Waals surface area contributed by atoms with Crippen LogP contribution in [0.15, 0.2) is 80.5 Å². The maximum absolute atomic E-state index is 12.0. The van der Waals surface area contributed by atoms with Gasteiger partial charge in [-0.25, -0.2) is 0 Å². The molecule has 0 saturated heterocycles. The first-order valence-electron chi connectivity index (χ1n) is 15.4. The van der Waals surface area contributed by atoms with Gasteiger partial charge in [-0.1, -0.05) is 28.9 Å². The first-order valence-corrected chi connectivity index (χ1v) is 15.4. The molecule has 0 spiro atoms. The molecule has 0 bridgehead atoms. The lowest BCUT2D eigenvalue weighted by atomic mass is 10.2. The molecular weight excluding hydrogens is 584 g/mol. The quantitative estimate of drug-likeness (QED) is 0.281. The molecule has 10 heteroatoms. The summed E-state index contributed by atoms with van der Waals surface area (Å²) in [6, 6.07) is 0. The van der Waals surface area contributed by atoms with E-state index in [2.05, 4.69) is 61.6 Å². The minimum Gasteiger partial charge on any atom is -0.498 e. The van der Waals surface area contributed by atoms with E-state index in [1.54, 1.807) is 0 Å². The number of alkyl halides is 2.